The lowest BCUT2D eigenvalue weighted by atomic mass is 10.1. The molecule has 0 bridgehead atoms. The van der Waals surface area contributed by atoms with Gasteiger partial charge in [0.05, 0.1) is 0 Å². The summed E-state index contributed by atoms with van der Waals surface area (Å²) in [5.74, 6) is 0.0198. The van der Waals surface area contributed by atoms with Gasteiger partial charge in [0, 0.05) is 14.1 Å². The van der Waals surface area contributed by atoms with Crippen molar-refractivity contribution in [1.29, 1.82) is 0 Å². The van der Waals surface area contributed by atoms with Crippen LogP contribution in [0.15, 0.2) is 0 Å². The summed E-state index contributed by atoms with van der Waals surface area (Å²) in [6.45, 7) is 3.64. The fraction of sp³-hybridized carbons (Fsp3) is 0.750. The topological polar surface area (TPSA) is 46.6 Å². The monoisotopic (exact) mass is 173 g/mol. The second kappa shape index (κ2) is 4.74. The molecule has 0 saturated heterocycles. The van der Waals surface area contributed by atoms with Crippen molar-refractivity contribution in [3.05, 3.63) is 0 Å². The molecule has 0 fully saturated rings. The molecule has 0 spiro atoms. The van der Waals surface area contributed by atoms with Crippen LogP contribution in [0.1, 0.15) is 13.8 Å². The van der Waals surface area contributed by atoms with Gasteiger partial charge in [-0.25, -0.2) is 4.79 Å². The Labute approximate surface area is 72.5 Å². The molecular weight excluding hydrogens is 158 g/mol. The molecule has 12 heavy (non-hydrogen) atoms. The van der Waals surface area contributed by atoms with Crippen LogP contribution in [0.3, 0.4) is 0 Å². The molecule has 0 aliphatic rings. The molecule has 0 rings (SSSR count). The number of rotatable bonds is 3. The Bertz CT molecular complexity index is 166. The van der Waals surface area contributed by atoms with E-state index in [1.807, 2.05) is 13.8 Å². The van der Waals surface area contributed by atoms with Crippen LogP contribution in [-0.2, 0) is 9.53 Å². The number of carbonyl (C=O) groups excluding carboxylic acids is 2. The van der Waals surface area contributed by atoms with Gasteiger partial charge in [0.25, 0.3) is 0 Å². The number of amides is 1. The highest BCUT2D eigenvalue weighted by Gasteiger charge is 2.17. The molecule has 0 heterocycles. The van der Waals surface area contributed by atoms with E-state index in [9.17, 15) is 9.59 Å². The lowest BCUT2D eigenvalue weighted by Gasteiger charge is -2.18. The summed E-state index contributed by atoms with van der Waals surface area (Å²) < 4.78 is 4.84. The first-order valence-electron chi connectivity index (χ1n) is 3.82. The molecule has 0 unspecified atom stereocenters. The molecule has 0 aromatic carbocycles. The zero-order valence-electron chi connectivity index (χ0n) is 7.90. The van der Waals surface area contributed by atoms with Crippen molar-refractivity contribution in [3.8, 4) is 0 Å². The van der Waals surface area contributed by atoms with Crippen molar-refractivity contribution in [2.24, 2.45) is 5.92 Å². The maximum Gasteiger partial charge on any atom is 0.409 e. The SMILES string of the molecule is CC(C)[C@@H](C=O)OC(=O)N(C)C. The largest absolute Gasteiger partial charge is 0.438 e. The van der Waals surface area contributed by atoms with Crippen molar-refractivity contribution in [3.63, 3.8) is 0 Å². The number of hydrogen-bond donors (Lipinski definition) is 0. The Morgan fingerprint density at radius 2 is 1.92 bits per heavy atom. The van der Waals surface area contributed by atoms with Crippen molar-refractivity contribution in [1.82, 2.24) is 4.90 Å². The first kappa shape index (κ1) is 10.9. The van der Waals surface area contributed by atoms with Gasteiger partial charge in [-0.15, -0.1) is 0 Å². The third-order valence-corrected chi connectivity index (χ3v) is 1.39. The van der Waals surface area contributed by atoms with Crippen molar-refractivity contribution in [2.45, 2.75) is 20.0 Å². The van der Waals surface area contributed by atoms with Gasteiger partial charge in [-0.1, -0.05) is 13.8 Å². The van der Waals surface area contributed by atoms with Crippen LogP contribution in [0.25, 0.3) is 0 Å². The molecule has 1 atom stereocenters. The van der Waals surface area contributed by atoms with Crippen LogP contribution < -0.4 is 0 Å². The molecule has 4 heteroatoms. The van der Waals surface area contributed by atoms with Crippen molar-refractivity contribution in [2.75, 3.05) is 14.1 Å². The van der Waals surface area contributed by atoms with Gasteiger partial charge in [-0.2, -0.15) is 0 Å². The van der Waals surface area contributed by atoms with Crippen LogP contribution in [0.5, 0.6) is 0 Å². The van der Waals surface area contributed by atoms with Gasteiger partial charge in [-0.05, 0) is 5.92 Å². The third-order valence-electron chi connectivity index (χ3n) is 1.39. The van der Waals surface area contributed by atoms with Crippen LogP contribution in [0, 0.1) is 5.92 Å². The molecule has 0 aliphatic heterocycles. The average molecular weight is 173 g/mol. The van der Waals surface area contributed by atoms with Crippen LogP contribution in [0.2, 0.25) is 0 Å². The Kier molecular flexibility index (Phi) is 4.33. The molecule has 1 amide bonds. The van der Waals surface area contributed by atoms with Crippen LogP contribution in [0.4, 0.5) is 4.79 Å². The Hall–Kier alpha value is -1.06. The van der Waals surface area contributed by atoms with Gasteiger partial charge < -0.3 is 9.64 Å². The Balaban J connectivity index is 4.03. The summed E-state index contributed by atoms with van der Waals surface area (Å²) in [6, 6.07) is 0. The van der Waals surface area contributed by atoms with E-state index in [1.165, 1.54) is 4.90 Å². The average Bonchev–Trinajstić information content (AvgIpc) is 1.98. The van der Waals surface area contributed by atoms with E-state index in [1.54, 1.807) is 14.1 Å². The predicted octanol–water partition coefficient (Wildman–Crippen LogP) is 0.908. The summed E-state index contributed by atoms with van der Waals surface area (Å²) in [5.41, 5.74) is 0. The smallest absolute Gasteiger partial charge is 0.409 e. The van der Waals surface area contributed by atoms with E-state index in [2.05, 4.69) is 0 Å². The lowest BCUT2D eigenvalue weighted by Crippen LogP contribution is -2.31. The normalized spacial score (nSPS) is 12.4. The predicted molar refractivity (Wildman–Crippen MR) is 44.9 cm³/mol. The molecular formula is C8H15NO3. The fourth-order valence-electron chi connectivity index (χ4n) is 0.543. The Morgan fingerprint density at radius 3 is 2.17 bits per heavy atom. The first-order valence-corrected chi connectivity index (χ1v) is 3.82. The van der Waals surface area contributed by atoms with E-state index in [0.717, 1.165) is 0 Å². The zero-order chi connectivity index (χ0) is 9.72. The molecule has 70 valence electrons. The van der Waals surface area contributed by atoms with Gasteiger partial charge >= 0.3 is 6.09 Å². The highest BCUT2D eigenvalue weighted by atomic mass is 16.6. The minimum atomic E-state index is -0.639. The van der Waals surface area contributed by atoms with Crippen molar-refractivity contribution < 1.29 is 14.3 Å². The minimum absolute atomic E-state index is 0.0198. The first-order chi connectivity index (χ1) is 5.49. The van der Waals surface area contributed by atoms with Gasteiger partial charge in [0.1, 0.15) is 0 Å². The second-order valence-electron chi connectivity index (χ2n) is 3.12. The molecule has 0 aromatic heterocycles. The summed E-state index contributed by atoms with van der Waals surface area (Å²) >= 11 is 0. The second-order valence-corrected chi connectivity index (χ2v) is 3.12. The highest BCUT2D eigenvalue weighted by Crippen LogP contribution is 2.04. The standard InChI is InChI=1S/C8H15NO3/c1-6(2)7(5-10)12-8(11)9(3)4/h5-7H,1-4H3/t7-/m1/s1. The van der Waals surface area contributed by atoms with Gasteiger partial charge in [-0.3, -0.25) is 4.79 Å². The zero-order valence-corrected chi connectivity index (χ0v) is 7.90. The van der Waals surface area contributed by atoms with Crippen LogP contribution in [-0.4, -0.2) is 37.5 Å². The molecule has 0 aliphatic carbocycles. The summed E-state index contributed by atoms with van der Waals surface area (Å²) in [7, 11) is 3.15. The fourth-order valence-corrected chi connectivity index (χ4v) is 0.543. The maximum absolute atomic E-state index is 11.0. The van der Waals surface area contributed by atoms with E-state index >= 15 is 0 Å². The highest BCUT2D eigenvalue weighted by molar-refractivity contribution is 5.70. The van der Waals surface area contributed by atoms with E-state index in [0.29, 0.717) is 6.29 Å². The quantitative estimate of drug-likeness (QED) is 0.596. The molecule has 0 N–H and O–H groups in total. The van der Waals surface area contributed by atoms with Crippen LogP contribution >= 0.6 is 0 Å². The molecule has 0 radical (unpaired) electrons. The number of carbonyl (C=O) groups is 2. The lowest BCUT2D eigenvalue weighted by molar-refractivity contribution is -0.117. The number of ether oxygens (including phenoxy) is 1. The summed E-state index contributed by atoms with van der Waals surface area (Å²) in [5, 5.41) is 0. The number of aldehydes is 1. The third kappa shape index (κ3) is 3.37. The molecule has 0 aromatic rings. The Morgan fingerprint density at radius 1 is 1.42 bits per heavy atom. The molecule has 4 nitrogen and oxygen atoms in total. The number of nitrogens with zero attached hydrogens (tertiary/aromatic N) is 1. The van der Waals surface area contributed by atoms with Gasteiger partial charge in [0.2, 0.25) is 0 Å². The number of hydrogen-bond acceptors (Lipinski definition) is 3. The van der Waals surface area contributed by atoms with E-state index < -0.39 is 12.2 Å². The van der Waals surface area contributed by atoms with Crippen molar-refractivity contribution >= 4 is 12.4 Å². The maximum atomic E-state index is 11.0. The minimum Gasteiger partial charge on any atom is -0.438 e. The van der Waals surface area contributed by atoms with E-state index in [4.69, 9.17) is 4.74 Å². The molecule has 0 saturated carbocycles. The van der Waals surface area contributed by atoms with Gasteiger partial charge in [0.15, 0.2) is 12.4 Å². The summed E-state index contributed by atoms with van der Waals surface area (Å²) in [4.78, 5) is 22.7. The summed E-state index contributed by atoms with van der Waals surface area (Å²) in [6.07, 6.45) is -0.479. The van der Waals surface area contributed by atoms with E-state index in [-0.39, 0.29) is 5.92 Å².